The molecule has 5 nitrogen and oxygen atoms in total. The molecule has 1 saturated heterocycles. The maximum Gasteiger partial charge on any atom is 0.213 e. The SMILES string of the molecule is CC(C)S(=O)(=O)NC[C@@H]1CCCN(Cc2ccncc2Cl)C1. The predicted molar refractivity (Wildman–Crippen MR) is 89.3 cm³/mol. The highest BCUT2D eigenvalue weighted by atomic mass is 35.5. The van der Waals surface area contributed by atoms with Gasteiger partial charge in [-0.05, 0) is 50.8 Å². The Morgan fingerprint density at radius 1 is 1.50 bits per heavy atom. The minimum absolute atomic E-state index is 0.350. The lowest BCUT2D eigenvalue weighted by atomic mass is 9.98. The monoisotopic (exact) mass is 345 g/mol. The van der Waals surface area contributed by atoms with Gasteiger partial charge in [-0.15, -0.1) is 0 Å². The van der Waals surface area contributed by atoms with Gasteiger partial charge in [0.1, 0.15) is 0 Å². The van der Waals surface area contributed by atoms with E-state index in [4.69, 9.17) is 11.6 Å². The molecule has 1 aromatic rings. The highest BCUT2D eigenvalue weighted by Gasteiger charge is 2.23. The summed E-state index contributed by atoms with van der Waals surface area (Å²) in [7, 11) is -3.18. The molecule has 2 heterocycles. The van der Waals surface area contributed by atoms with E-state index in [1.165, 1.54) is 0 Å². The van der Waals surface area contributed by atoms with Crippen LogP contribution in [-0.2, 0) is 16.6 Å². The molecule has 0 amide bonds. The number of hydrogen-bond donors (Lipinski definition) is 1. The fourth-order valence-corrected chi connectivity index (χ4v) is 3.62. The second-order valence-corrected chi connectivity index (χ2v) is 8.88. The van der Waals surface area contributed by atoms with Gasteiger partial charge >= 0.3 is 0 Å². The highest BCUT2D eigenvalue weighted by molar-refractivity contribution is 7.90. The molecule has 1 aromatic heterocycles. The van der Waals surface area contributed by atoms with Gasteiger partial charge in [-0.2, -0.15) is 0 Å². The van der Waals surface area contributed by atoms with Crippen molar-refractivity contribution in [2.75, 3.05) is 19.6 Å². The van der Waals surface area contributed by atoms with E-state index in [0.717, 1.165) is 38.0 Å². The van der Waals surface area contributed by atoms with Crippen molar-refractivity contribution in [1.82, 2.24) is 14.6 Å². The summed E-state index contributed by atoms with van der Waals surface area (Å²) >= 11 is 6.15. The van der Waals surface area contributed by atoms with Gasteiger partial charge in [-0.1, -0.05) is 11.6 Å². The Morgan fingerprint density at radius 3 is 2.95 bits per heavy atom. The molecule has 1 atom stereocenters. The number of piperidine rings is 1. The van der Waals surface area contributed by atoms with E-state index in [-0.39, 0.29) is 5.25 Å². The Hall–Kier alpha value is -0.690. The van der Waals surface area contributed by atoms with E-state index in [0.29, 0.717) is 17.5 Å². The molecule has 0 bridgehead atoms. The molecule has 0 aromatic carbocycles. The van der Waals surface area contributed by atoms with E-state index >= 15 is 0 Å². The van der Waals surface area contributed by atoms with Crippen molar-refractivity contribution in [3.8, 4) is 0 Å². The third-order valence-electron chi connectivity index (χ3n) is 4.05. The number of nitrogens with one attached hydrogen (secondary N) is 1. The van der Waals surface area contributed by atoms with Gasteiger partial charge in [0.25, 0.3) is 0 Å². The van der Waals surface area contributed by atoms with E-state index in [1.807, 2.05) is 6.07 Å². The van der Waals surface area contributed by atoms with E-state index in [2.05, 4.69) is 14.6 Å². The van der Waals surface area contributed by atoms with Crippen LogP contribution in [0.4, 0.5) is 0 Å². The second kappa shape index (κ2) is 7.73. The molecule has 1 N–H and O–H groups in total. The van der Waals surface area contributed by atoms with Crippen LogP contribution in [0.25, 0.3) is 0 Å². The molecule has 2 rings (SSSR count). The van der Waals surface area contributed by atoms with Gasteiger partial charge in [-0.25, -0.2) is 13.1 Å². The first-order valence-corrected chi connectivity index (χ1v) is 9.60. The molecule has 7 heteroatoms. The first kappa shape index (κ1) is 17.7. The Balaban J connectivity index is 1.88. The minimum atomic E-state index is -3.18. The van der Waals surface area contributed by atoms with Crippen molar-refractivity contribution >= 4 is 21.6 Å². The zero-order valence-corrected chi connectivity index (χ0v) is 14.7. The molecular formula is C15H24ClN3O2S. The van der Waals surface area contributed by atoms with Crippen LogP contribution in [0.1, 0.15) is 32.3 Å². The summed E-state index contributed by atoms with van der Waals surface area (Å²) in [6, 6.07) is 1.94. The molecule has 124 valence electrons. The van der Waals surface area contributed by atoms with Crippen molar-refractivity contribution in [3.05, 3.63) is 29.0 Å². The topological polar surface area (TPSA) is 62.3 Å². The molecule has 1 aliphatic rings. The normalized spacial score (nSPS) is 20.5. The maximum atomic E-state index is 11.8. The number of aromatic nitrogens is 1. The van der Waals surface area contributed by atoms with Gasteiger partial charge in [0.2, 0.25) is 10.0 Å². The maximum absolute atomic E-state index is 11.8. The average molecular weight is 346 g/mol. The number of hydrogen-bond acceptors (Lipinski definition) is 4. The lowest BCUT2D eigenvalue weighted by Gasteiger charge is -2.33. The van der Waals surface area contributed by atoms with Gasteiger partial charge in [0.05, 0.1) is 10.3 Å². The lowest BCUT2D eigenvalue weighted by molar-refractivity contribution is 0.169. The fourth-order valence-electron chi connectivity index (χ4n) is 2.64. The minimum Gasteiger partial charge on any atom is -0.299 e. The summed E-state index contributed by atoms with van der Waals surface area (Å²) in [5.41, 5.74) is 1.07. The van der Waals surface area contributed by atoms with Gasteiger partial charge in [-0.3, -0.25) is 9.88 Å². The van der Waals surface area contributed by atoms with Crippen LogP contribution >= 0.6 is 11.6 Å². The van der Waals surface area contributed by atoms with Crippen LogP contribution < -0.4 is 4.72 Å². The second-order valence-electron chi connectivity index (χ2n) is 6.15. The highest BCUT2D eigenvalue weighted by Crippen LogP contribution is 2.21. The van der Waals surface area contributed by atoms with Crippen LogP contribution in [-0.4, -0.2) is 43.2 Å². The zero-order chi connectivity index (χ0) is 16.2. The molecule has 0 spiro atoms. The largest absolute Gasteiger partial charge is 0.299 e. The van der Waals surface area contributed by atoms with Crippen LogP contribution in [0.15, 0.2) is 18.5 Å². The Labute approximate surface area is 138 Å². The predicted octanol–water partition coefficient (Wildman–Crippen LogP) is 2.27. The molecule has 0 unspecified atom stereocenters. The molecule has 0 saturated carbocycles. The molecule has 22 heavy (non-hydrogen) atoms. The average Bonchev–Trinajstić information content (AvgIpc) is 2.48. The fraction of sp³-hybridized carbons (Fsp3) is 0.667. The molecule has 0 aliphatic carbocycles. The number of rotatable bonds is 6. The summed E-state index contributed by atoms with van der Waals surface area (Å²) in [5.74, 6) is 0.350. The van der Waals surface area contributed by atoms with E-state index in [1.54, 1.807) is 26.2 Å². The van der Waals surface area contributed by atoms with Gasteiger partial charge in [0.15, 0.2) is 0 Å². The summed E-state index contributed by atoms with van der Waals surface area (Å²) in [6.07, 6.45) is 5.55. The van der Waals surface area contributed by atoms with Crippen LogP contribution in [0.5, 0.6) is 0 Å². The summed E-state index contributed by atoms with van der Waals surface area (Å²) in [5, 5.41) is 0.299. The number of halogens is 1. The number of nitrogens with zero attached hydrogens (tertiary/aromatic N) is 2. The molecule has 0 radical (unpaired) electrons. The number of sulfonamides is 1. The van der Waals surface area contributed by atoms with Crippen molar-refractivity contribution < 1.29 is 8.42 Å². The third kappa shape index (κ3) is 4.91. The van der Waals surface area contributed by atoms with Crippen molar-refractivity contribution in [3.63, 3.8) is 0 Å². The van der Waals surface area contributed by atoms with E-state index in [9.17, 15) is 8.42 Å². The van der Waals surface area contributed by atoms with E-state index < -0.39 is 10.0 Å². The number of likely N-dealkylation sites (tertiary alicyclic amines) is 1. The quantitative estimate of drug-likeness (QED) is 0.859. The third-order valence-corrected chi connectivity index (χ3v) is 6.20. The molecular weight excluding hydrogens is 322 g/mol. The smallest absolute Gasteiger partial charge is 0.213 e. The summed E-state index contributed by atoms with van der Waals surface area (Å²) < 4.78 is 26.4. The zero-order valence-electron chi connectivity index (χ0n) is 13.1. The Bertz CT molecular complexity index is 592. The molecule has 1 aliphatic heterocycles. The van der Waals surface area contributed by atoms with Gasteiger partial charge in [0, 0.05) is 32.0 Å². The van der Waals surface area contributed by atoms with Crippen molar-refractivity contribution in [1.29, 1.82) is 0 Å². The number of pyridine rings is 1. The van der Waals surface area contributed by atoms with Crippen LogP contribution in [0, 0.1) is 5.92 Å². The van der Waals surface area contributed by atoms with Crippen LogP contribution in [0.2, 0.25) is 5.02 Å². The Morgan fingerprint density at radius 2 is 2.27 bits per heavy atom. The van der Waals surface area contributed by atoms with Crippen molar-refractivity contribution in [2.45, 2.75) is 38.5 Å². The summed E-state index contributed by atoms with van der Waals surface area (Å²) in [6.45, 7) is 6.60. The Kier molecular flexibility index (Phi) is 6.20. The van der Waals surface area contributed by atoms with Crippen molar-refractivity contribution in [2.24, 2.45) is 5.92 Å². The van der Waals surface area contributed by atoms with Gasteiger partial charge < -0.3 is 0 Å². The van der Waals surface area contributed by atoms with Crippen LogP contribution in [0.3, 0.4) is 0 Å². The lowest BCUT2D eigenvalue weighted by Crippen LogP contribution is -2.42. The first-order chi connectivity index (χ1) is 10.4. The standard InChI is InChI=1S/C15H24ClN3O2S/c1-12(2)22(20,21)18-8-13-4-3-7-19(10-13)11-14-5-6-17-9-15(14)16/h5-6,9,12-13,18H,3-4,7-8,10-11H2,1-2H3/t13-/m0/s1. The first-order valence-electron chi connectivity index (χ1n) is 7.67. The molecule has 1 fully saturated rings. The summed E-state index contributed by atoms with van der Waals surface area (Å²) in [4.78, 5) is 6.33.